The first-order chi connectivity index (χ1) is 4.68. The van der Waals surface area contributed by atoms with E-state index in [9.17, 15) is 0 Å². The minimum absolute atomic E-state index is 0.797. The highest BCUT2D eigenvalue weighted by Crippen LogP contribution is 2.15. The quantitative estimate of drug-likeness (QED) is 0.639. The Bertz CT molecular complexity index is 94.9. The van der Waals surface area contributed by atoms with Gasteiger partial charge in [-0.25, -0.2) is 0 Å². The summed E-state index contributed by atoms with van der Waals surface area (Å²) in [5, 5.41) is 0. The van der Waals surface area contributed by atoms with Gasteiger partial charge in [-0.3, -0.25) is 0 Å². The number of nitrogens with two attached hydrogens (primary N) is 1. The van der Waals surface area contributed by atoms with E-state index >= 15 is 0 Å². The predicted molar refractivity (Wildman–Crippen MR) is 46.6 cm³/mol. The summed E-state index contributed by atoms with van der Waals surface area (Å²) in [7, 11) is 0. The number of hydrogen-bond acceptors (Lipinski definition) is 1. The van der Waals surface area contributed by atoms with Crippen LogP contribution < -0.4 is 5.73 Å². The van der Waals surface area contributed by atoms with Crippen molar-refractivity contribution in [2.24, 2.45) is 17.6 Å². The normalized spacial score (nSPS) is 14.8. The van der Waals surface area contributed by atoms with Crippen molar-refractivity contribution >= 4 is 0 Å². The van der Waals surface area contributed by atoms with Gasteiger partial charge >= 0.3 is 0 Å². The van der Waals surface area contributed by atoms with Gasteiger partial charge in [-0.15, -0.1) is 0 Å². The highest BCUT2D eigenvalue weighted by molar-refractivity contribution is 4.76. The summed E-state index contributed by atoms with van der Waals surface area (Å²) in [5.74, 6) is 1.61. The van der Waals surface area contributed by atoms with Crippen molar-refractivity contribution in [2.75, 3.05) is 0 Å². The molecule has 0 rings (SSSR count). The van der Waals surface area contributed by atoms with Crippen LogP contribution in [-0.4, -0.2) is 0 Å². The zero-order valence-corrected chi connectivity index (χ0v) is 7.30. The molecule has 0 aromatic heterocycles. The molecule has 0 spiro atoms. The Morgan fingerprint density at radius 3 is 2.30 bits per heavy atom. The summed E-state index contributed by atoms with van der Waals surface area (Å²) < 4.78 is 0. The lowest BCUT2D eigenvalue weighted by molar-refractivity contribution is 0.395. The summed E-state index contributed by atoms with van der Waals surface area (Å²) in [6.07, 6.45) is 6.03. The molecule has 0 amide bonds. The van der Waals surface area contributed by atoms with E-state index < -0.39 is 0 Å². The van der Waals surface area contributed by atoms with Gasteiger partial charge in [0.05, 0.1) is 0 Å². The smallest absolute Gasteiger partial charge is 0.0103 e. The summed E-state index contributed by atoms with van der Waals surface area (Å²) in [6, 6.07) is 0. The zero-order chi connectivity index (χ0) is 7.98. The fourth-order valence-corrected chi connectivity index (χ4v) is 0.789. The van der Waals surface area contributed by atoms with Crippen LogP contribution in [-0.2, 0) is 0 Å². The Morgan fingerprint density at radius 2 is 1.90 bits per heavy atom. The third-order valence-electron chi connectivity index (χ3n) is 2.06. The highest BCUT2D eigenvalue weighted by atomic mass is 14.5. The summed E-state index contributed by atoms with van der Waals surface area (Å²) in [4.78, 5) is 0. The Kier molecular flexibility index (Phi) is 5.09. The highest BCUT2D eigenvalue weighted by Gasteiger charge is 2.04. The number of hydrogen-bond donors (Lipinski definition) is 1. The van der Waals surface area contributed by atoms with Gasteiger partial charge in [0.25, 0.3) is 0 Å². The molecule has 0 aliphatic carbocycles. The maximum Gasteiger partial charge on any atom is -0.0103 e. The van der Waals surface area contributed by atoms with Crippen LogP contribution in [0.15, 0.2) is 12.3 Å². The van der Waals surface area contributed by atoms with Gasteiger partial charge in [0.1, 0.15) is 0 Å². The lowest BCUT2D eigenvalue weighted by Crippen LogP contribution is -2.02. The molecule has 0 bridgehead atoms. The minimum atomic E-state index is 0.797. The van der Waals surface area contributed by atoms with E-state index in [2.05, 4.69) is 20.8 Å². The largest absolute Gasteiger partial charge is 0.405 e. The molecule has 1 atom stereocenters. The van der Waals surface area contributed by atoms with E-state index in [4.69, 9.17) is 5.73 Å². The molecule has 0 aromatic rings. The van der Waals surface area contributed by atoms with Gasteiger partial charge in [-0.05, 0) is 30.9 Å². The van der Waals surface area contributed by atoms with Crippen LogP contribution in [0.4, 0.5) is 0 Å². The first-order valence-corrected chi connectivity index (χ1v) is 4.05. The Balaban J connectivity index is 3.30. The Morgan fingerprint density at radius 1 is 1.30 bits per heavy atom. The van der Waals surface area contributed by atoms with Gasteiger partial charge in [0.15, 0.2) is 0 Å². The van der Waals surface area contributed by atoms with Crippen LogP contribution >= 0.6 is 0 Å². The molecular weight excluding hydrogens is 122 g/mol. The molecule has 0 fully saturated rings. The minimum Gasteiger partial charge on any atom is -0.405 e. The van der Waals surface area contributed by atoms with E-state index in [0.29, 0.717) is 0 Å². The van der Waals surface area contributed by atoms with Gasteiger partial charge in [-0.1, -0.05) is 26.8 Å². The summed E-state index contributed by atoms with van der Waals surface area (Å²) >= 11 is 0. The van der Waals surface area contributed by atoms with Crippen LogP contribution in [0, 0.1) is 11.8 Å². The Labute approximate surface area is 64.3 Å². The van der Waals surface area contributed by atoms with E-state index in [-0.39, 0.29) is 0 Å². The third kappa shape index (κ3) is 4.42. The topological polar surface area (TPSA) is 26.0 Å². The molecule has 0 aliphatic heterocycles. The van der Waals surface area contributed by atoms with Crippen LogP contribution in [0.25, 0.3) is 0 Å². The van der Waals surface area contributed by atoms with Gasteiger partial charge < -0.3 is 5.73 Å². The van der Waals surface area contributed by atoms with Crippen LogP contribution in [0.5, 0.6) is 0 Å². The fourth-order valence-electron chi connectivity index (χ4n) is 0.789. The average molecular weight is 141 g/mol. The molecule has 0 saturated carbocycles. The van der Waals surface area contributed by atoms with E-state index in [1.165, 1.54) is 6.42 Å². The molecule has 0 saturated heterocycles. The molecule has 0 heterocycles. The second-order valence-electron chi connectivity index (χ2n) is 3.23. The predicted octanol–water partition coefficient (Wildman–Crippen LogP) is 2.53. The van der Waals surface area contributed by atoms with Crippen molar-refractivity contribution in [1.29, 1.82) is 0 Å². The van der Waals surface area contributed by atoms with Gasteiger partial charge in [0.2, 0.25) is 0 Å². The molecule has 0 aliphatic rings. The SMILES string of the molecule is CC(C)C(C)CC/C=C\N. The molecule has 0 radical (unpaired) electrons. The number of allylic oxidation sites excluding steroid dienone is 1. The van der Waals surface area contributed by atoms with Crippen molar-refractivity contribution in [3.63, 3.8) is 0 Å². The van der Waals surface area contributed by atoms with Crippen LogP contribution in [0.3, 0.4) is 0 Å². The summed E-state index contributed by atoms with van der Waals surface area (Å²) in [6.45, 7) is 6.81. The molecule has 1 heteroatoms. The zero-order valence-electron chi connectivity index (χ0n) is 7.30. The number of rotatable bonds is 4. The van der Waals surface area contributed by atoms with Crippen molar-refractivity contribution in [3.8, 4) is 0 Å². The van der Waals surface area contributed by atoms with Crippen molar-refractivity contribution in [2.45, 2.75) is 33.6 Å². The summed E-state index contributed by atoms with van der Waals surface area (Å²) in [5.41, 5.74) is 5.21. The van der Waals surface area contributed by atoms with Crippen molar-refractivity contribution in [1.82, 2.24) is 0 Å². The molecule has 2 N–H and O–H groups in total. The average Bonchev–Trinajstić information content (AvgIpc) is 1.88. The van der Waals surface area contributed by atoms with Crippen molar-refractivity contribution in [3.05, 3.63) is 12.3 Å². The first-order valence-electron chi connectivity index (χ1n) is 4.05. The van der Waals surface area contributed by atoms with Crippen LogP contribution in [0.2, 0.25) is 0 Å². The van der Waals surface area contributed by atoms with Crippen LogP contribution in [0.1, 0.15) is 33.6 Å². The first kappa shape index (κ1) is 9.54. The third-order valence-corrected chi connectivity index (χ3v) is 2.06. The molecular formula is C9H19N. The maximum atomic E-state index is 5.21. The molecule has 60 valence electrons. The van der Waals surface area contributed by atoms with E-state index in [1.807, 2.05) is 6.08 Å². The lowest BCUT2D eigenvalue weighted by atomic mass is 9.93. The second kappa shape index (κ2) is 5.33. The fraction of sp³-hybridized carbons (Fsp3) is 0.778. The second-order valence-corrected chi connectivity index (χ2v) is 3.23. The monoisotopic (exact) mass is 141 g/mol. The lowest BCUT2D eigenvalue weighted by Gasteiger charge is -2.13. The maximum absolute atomic E-state index is 5.21. The molecule has 1 unspecified atom stereocenters. The molecule has 10 heavy (non-hydrogen) atoms. The van der Waals surface area contributed by atoms with Gasteiger partial charge in [0, 0.05) is 0 Å². The van der Waals surface area contributed by atoms with E-state index in [1.54, 1.807) is 6.20 Å². The van der Waals surface area contributed by atoms with Gasteiger partial charge in [-0.2, -0.15) is 0 Å². The molecule has 0 aromatic carbocycles. The van der Waals surface area contributed by atoms with Crippen molar-refractivity contribution < 1.29 is 0 Å². The van der Waals surface area contributed by atoms with E-state index in [0.717, 1.165) is 18.3 Å². The molecule has 1 nitrogen and oxygen atoms in total. The Hall–Kier alpha value is -0.460. The standard InChI is InChI=1S/C9H19N/c1-8(2)9(3)6-4-5-7-10/h5,7-9H,4,6,10H2,1-3H3/b7-5-.